The molecule has 3 fully saturated rings. The van der Waals surface area contributed by atoms with Gasteiger partial charge in [0, 0.05) is 19.5 Å². The fraction of sp³-hybridized carbons (Fsp3) is 0.895. The van der Waals surface area contributed by atoms with Crippen molar-refractivity contribution in [2.24, 2.45) is 29.6 Å². The van der Waals surface area contributed by atoms with Gasteiger partial charge in [0.25, 0.3) is 0 Å². The number of nitrogens with zero attached hydrogens (tertiary/aromatic N) is 1. The van der Waals surface area contributed by atoms with Gasteiger partial charge in [0.1, 0.15) is 6.04 Å². The van der Waals surface area contributed by atoms with E-state index in [1.807, 2.05) is 4.90 Å². The molecule has 0 aromatic carbocycles. The van der Waals surface area contributed by atoms with E-state index in [4.69, 9.17) is 0 Å². The second kappa shape index (κ2) is 6.82. The van der Waals surface area contributed by atoms with E-state index in [1.165, 1.54) is 25.7 Å². The smallest absolute Gasteiger partial charge is 0.242 e. The molecule has 4 heteroatoms. The van der Waals surface area contributed by atoms with Crippen molar-refractivity contribution in [3.8, 4) is 0 Å². The molecule has 130 valence electrons. The number of hydrogen-bond donors (Lipinski definition) is 1. The first-order valence-electron chi connectivity index (χ1n) is 9.53. The van der Waals surface area contributed by atoms with Crippen LogP contribution in [0.1, 0.15) is 58.8 Å². The fourth-order valence-electron chi connectivity index (χ4n) is 5.08. The van der Waals surface area contributed by atoms with Gasteiger partial charge < -0.3 is 10.2 Å². The van der Waals surface area contributed by atoms with Gasteiger partial charge in [-0.05, 0) is 68.6 Å². The number of rotatable bonds is 3. The monoisotopic (exact) mass is 320 g/mol. The molecule has 3 rings (SSSR count). The van der Waals surface area contributed by atoms with Crippen LogP contribution in [0.25, 0.3) is 0 Å². The summed E-state index contributed by atoms with van der Waals surface area (Å²) in [4.78, 5) is 26.4. The lowest BCUT2D eigenvalue weighted by molar-refractivity contribution is -0.152. The Bertz CT molecular complexity index is 462. The molecule has 0 aromatic rings. The van der Waals surface area contributed by atoms with Gasteiger partial charge in [-0.1, -0.05) is 13.8 Å². The molecule has 5 unspecified atom stereocenters. The molecule has 0 aromatic heterocycles. The Kier molecular flexibility index (Phi) is 4.98. The van der Waals surface area contributed by atoms with Crippen molar-refractivity contribution in [1.82, 2.24) is 10.2 Å². The van der Waals surface area contributed by atoms with E-state index in [1.54, 1.807) is 7.05 Å². The van der Waals surface area contributed by atoms with Crippen LogP contribution in [0.5, 0.6) is 0 Å². The molecule has 1 aliphatic heterocycles. The molecule has 0 radical (unpaired) electrons. The summed E-state index contributed by atoms with van der Waals surface area (Å²) in [5.74, 6) is 3.67. The standard InChI is InChI=1S/C19H32N2O2/c1-12(2)13-4-5-15-11-16(7-6-14(15)10-13)19(23)21-9-8-17(21)18(22)20-3/h12-17H,4-11H2,1-3H3,(H,20,22). The predicted molar refractivity (Wildman–Crippen MR) is 90.7 cm³/mol. The third kappa shape index (κ3) is 3.27. The summed E-state index contributed by atoms with van der Waals surface area (Å²) in [6, 6.07) is -0.207. The van der Waals surface area contributed by atoms with Crippen LogP contribution in [-0.4, -0.2) is 36.3 Å². The third-order valence-electron chi connectivity index (χ3n) is 6.80. The zero-order chi connectivity index (χ0) is 16.6. The number of fused-ring (bicyclic) bond motifs is 1. The van der Waals surface area contributed by atoms with Crippen LogP contribution < -0.4 is 5.32 Å². The van der Waals surface area contributed by atoms with E-state index in [0.717, 1.165) is 49.5 Å². The molecular weight excluding hydrogens is 288 g/mol. The van der Waals surface area contributed by atoms with Crippen LogP contribution in [0.3, 0.4) is 0 Å². The largest absolute Gasteiger partial charge is 0.357 e. The van der Waals surface area contributed by atoms with Crippen LogP contribution in [-0.2, 0) is 9.59 Å². The average Bonchev–Trinajstić information content (AvgIpc) is 2.52. The van der Waals surface area contributed by atoms with Crippen molar-refractivity contribution in [2.75, 3.05) is 13.6 Å². The average molecular weight is 320 g/mol. The fourth-order valence-corrected chi connectivity index (χ4v) is 5.08. The number of carbonyl (C=O) groups excluding carboxylic acids is 2. The number of likely N-dealkylation sites (N-methyl/N-ethyl adjacent to an activating group) is 1. The van der Waals surface area contributed by atoms with E-state index in [9.17, 15) is 9.59 Å². The SMILES string of the molecule is CNC(=O)C1CCN1C(=O)C1CCC2CC(C(C)C)CCC2C1. The lowest BCUT2D eigenvalue weighted by Crippen LogP contribution is -2.59. The van der Waals surface area contributed by atoms with Crippen LogP contribution in [0.15, 0.2) is 0 Å². The molecule has 23 heavy (non-hydrogen) atoms. The van der Waals surface area contributed by atoms with Crippen molar-refractivity contribution in [3.05, 3.63) is 0 Å². The highest BCUT2D eigenvalue weighted by molar-refractivity contribution is 5.90. The molecule has 2 saturated carbocycles. The number of carbonyl (C=O) groups is 2. The minimum Gasteiger partial charge on any atom is -0.357 e. The van der Waals surface area contributed by atoms with E-state index in [0.29, 0.717) is 0 Å². The minimum absolute atomic E-state index is 0.00396. The Hall–Kier alpha value is -1.06. The summed E-state index contributed by atoms with van der Waals surface area (Å²) in [5.41, 5.74) is 0. The molecule has 1 saturated heterocycles. The predicted octanol–water partition coefficient (Wildman–Crippen LogP) is 2.82. The number of nitrogens with one attached hydrogen (secondary N) is 1. The second-order valence-electron chi connectivity index (χ2n) is 8.30. The highest BCUT2D eigenvalue weighted by atomic mass is 16.2. The van der Waals surface area contributed by atoms with Crippen molar-refractivity contribution in [3.63, 3.8) is 0 Å². The minimum atomic E-state index is -0.207. The van der Waals surface area contributed by atoms with Gasteiger partial charge in [-0.15, -0.1) is 0 Å². The van der Waals surface area contributed by atoms with Crippen molar-refractivity contribution in [1.29, 1.82) is 0 Å². The van der Waals surface area contributed by atoms with Crippen LogP contribution in [0.4, 0.5) is 0 Å². The maximum atomic E-state index is 12.8. The van der Waals surface area contributed by atoms with Crippen LogP contribution in [0, 0.1) is 29.6 Å². The molecule has 2 amide bonds. The molecule has 3 aliphatic rings. The topological polar surface area (TPSA) is 49.4 Å². The summed E-state index contributed by atoms with van der Waals surface area (Å²) in [7, 11) is 1.65. The Morgan fingerprint density at radius 3 is 2.30 bits per heavy atom. The Morgan fingerprint density at radius 1 is 1.00 bits per heavy atom. The number of likely N-dealkylation sites (tertiary alicyclic amines) is 1. The molecule has 0 bridgehead atoms. The lowest BCUT2D eigenvalue weighted by Gasteiger charge is -2.46. The molecule has 1 N–H and O–H groups in total. The van der Waals surface area contributed by atoms with E-state index in [2.05, 4.69) is 19.2 Å². The van der Waals surface area contributed by atoms with Gasteiger partial charge in [0.15, 0.2) is 0 Å². The molecule has 5 atom stereocenters. The first kappa shape index (κ1) is 16.8. The zero-order valence-corrected chi connectivity index (χ0v) is 14.9. The van der Waals surface area contributed by atoms with Gasteiger partial charge in [0.2, 0.25) is 11.8 Å². The molecule has 2 aliphatic carbocycles. The van der Waals surface area contributed by atoms with Crippen LogP contribution in [0.2, 0.25) is 0 Å². The van der Waals surface area contributed by atoms with Gasteiger partial charge in [-0.3, -0.25) is 9.59 Å². The summed E-state index contributed by atoms with van der Waals surface area (Å²) < 4.78 is 0. The normalized spacial score (nSPS) is 37.0. The Morgan fingerprint density at radius 2 is 1.70 bits per heavy atom. The summed E-state index contributed by atoms with van der Waals surface area (Å²) >= 11 is 0. The van der Waals surface area contributed by atoms with Gasteiger partial charge in [0.05, 0.1) is 0 Å². The maximum Gasteiger partial charge on any atom is 0.242 e. The molecule has 1 heterocycles. The number of hydrogen-bond acceptors (Lipinski definition) is 2. The first-order valence-corrected chi connectivity index (χ1v) is 9.53. The maximum absolute atomic E-state index is 12.8. The van der Waals surface area contributed by atoms with Gasteiger partial charge in [-0.25, -0.2) is 0 Å². The Balaban J connectivity index is 1.56. The third-order valence-corrected chi connectivity index (χ3v) is 6.80. The van der Waals surface area contributed by atoms with Crippen molar-refractivity contribution in [2.45, 2.75) is 64.8 Å². The molecular formula is C19H32N2O2. The summed E-state index contributed by atoms with van der Waals surface area (Å²) in [6.45, 7) is 5.46. The second-order valence-corrected chi connectivity index (χ2v) is 8.30. The van der Waals surface area contributed by atoms with Gasteiger partial charge >= 0.3 is 0 Å². The lowest BCUT2D eigenvalue weighted by atomic mass is 9.63. The van der Waals surface area contributed by atoms with Crippen LogP contribution >= 0.6 is 0 Å². The highest BCUT2D eigenvalue weighted by Crippen LogP contribution is 2.47. The quantitative estimate of drug-likeness (QED) is 0.869. The van der Waals surface area contributed by atoms with Crippen molar-refractivity contribution >= 4 is 11.8 Å². The van der Waals surface area contributed by atoms with E-state index in [-0.39, 0.29) is 23.8 Å². The number of amides is 2. The van der Waals surface area contributed by atoms with Crippen molar-refractivity contribution < 1.29 is 9.59 Å². The first-order chi connectivity index (χ1) is 11.0. The Labute approximate surface area is 140 Å². The highest BCUT2D eigenvalue weighted by Gasteiger charge is 2.43. The summed E-state index contributed by atoms with van der Waals surface area (Å²) in [5, 5.41) is 2.68. The summed E-state index contributed by atoms with van der Waals surface area (Å²) in [6.07, 6.45) is 8.13. The van der Waals surface area contributed by atoms with Gasteiger partial charge in [-0.2, -0.15) is 0 Å². The molecule has 0 spiro atoms. The molecule has 4 nitrogen and oxygen atoms in total. The zero-order valence-electron chi connectivity index (χ0n) is 14.9. The van der Waals surface area contributed by atoms with E-state index < -0.39 is 0 Å². The van der Waals surface area contributed by atoms with E-state index >= 15 is 0 Å².